The van der Waals surface area contributed by atoms with Crippen molar-refractivity contribution in [2.24, 2.45) is 11.1 Å². The Balaban J connectivity index is 1.99. The molecule has 0 unspecified atom stereocenters. The number of nitrogens with two attached hydrogens (primary N) is 1. The van der Waals surface area contributed by atoms with Crippen LogP contribution in [0.25, 0.3) is 0 Å². The van der Waals surface area contributed by atoms with E-state index in [4.69, 9.17) is 27.5 Å². The molecular weight excluding hydrogens is 270 g/mol. The van der Waals surface area contributed by atoms with Crippen LogP contribution in [0.4, 0.5) is 5.69 Å². The van der Waals surface area contributed by atoms with Crippen LogP contribution >= 0.6 is 11.6 Å². The minimum atomic E-state index is -0.537. The fraction of sp³-hybridized carbons (Fsp3) is 0.417. The number of halogens is 1. The monoisotopic (exact) mass is 283 g/mol. The molecule has 0 spiro atoms. The maximum atomic E-state index is 10.6. The van der Waals surface area contributed by atoms with Gasteiger partial charge in [-0.25, -0.2) is 0 Å². The van der Waals surface area contributed by atoms with Gasteiger partial charge in [-0.05, 0) is 18.9 Å². The van der Waals surface area contributed by atoms with E-state index in [9.17, 15) is 10.1 Å². The molecule has 1 aliphatic rings. The Morgan fingerprint density at radius 2 is 2.26 bits per heavy atom. The number of nitrogens with one attached hydrogen (secondary N) is 1. The maximum absolute atomic E-state index is 10.6. The Kier molecular flexibility index (Phi) is 3.61. The van der Waals surface area contributed by atoms with Crippen molar-refractivity contribution < 1.29 is 9.66 Å². The number of benzene rings is 1. The smallest absolute Gasteiger partial charge is 0.288 e. The molecule has 0 aliphatic heterocycles. The molecule has 1 aliphatic carbocycles. The standard InChI is InChI=1S/C12H14ClN3O3/c13-9-5-8(1-2-10(9)16(17)18)19-7-12(3-4-12)6-11(14)15/h1-2,5H,3-4,6-7H2,(H3,14,15). The molecule has 1 saturated carbocycles. The number of nitro benzene ring substituents is 1. The zero-order chi connectivity index (χ0) is 14.0. The first-order chi connectivity index (χ1) is 8.92. The lowest BCUT2D eigenvalue weighted by atomic mass is 10.0. The van der Waals surface area contributed by atoms with Gasteiger partial charge in [0.1, 0.15) is 10.8 Å². The van der Waals surface area contributed by atoms with Crippen LogP contribution in [0.5, 0.6) is 5.75 Å². The van der Waals surface area contributed by atoms with Gasteiger partial charge in [0, 0.05) is 24.0 Å². The summed E-state index contributed by atoms with van der Waals surface area (Å²) in [7, 11) is 0. The number of nitrogens with zero attached hydrogens (tertiary/aromatic N) is 1. The lowest BCUT2D eigenvalue weighted by Crippen LogP contribution is -2.21. The van der Waals surface area contributed by atoms with Gasteiger partial charge in [-0.1, -0.05) is 11.6 Å². The van der Waals surface area contributed by atoms with Gasteiger partial charge < -0.3 is 10.5 Å². The summed E-state index contributed by atoms with van der Waals surface area (Å²) in [4.78, 5) is 10.1. The molecule has 3 N–H and O–H groups in total. The third-order valence-corrected chi connectivity index (χ3v) is 3.49. The Hall–Kier alpha value is -1.82. The van der Waals surface area contributed by atoms with E-state index < -0.39 is 4.92 Å². The van der Waals surface area contributed by atoms with Crippen LogP contribution in [-0.4, -0.2) is 17.4 Å². The van der Waals surface area contributed by atoms with Gasteiger partial charge >= 0.3 is 0 Å². The molecule has 1 fully saturated rings. The van der Waals surface area contributed by atoms with Crippen LogP contribution < -0.4 is 10.5 Å². The van der Waals surface area contributed by atoms with Crippen molar-refractivity contribution in [3.05, 3.63) is 33.3 Å². The molecule has 0 aromatic heterocycles. The molecule has 0 bridgehead atoms. The van der Waals surface area contributed by atoms with Gasteiger partial charge in [0.15, 0.2) is 0 Å². The largest absolute Gasteiger partial charge is 0.493 e. The van der Waals surface area contributed by atoms with Crippen LogP contribution in [0, 0.1) is 20.9 Å². The van der Waals surface area contributed by atoms with E-state index in [1.54, 1.807) is 0 Å². The summed E-state index contributed by atoms with van der Waals surface area (Å²) < 4.78 is 5.59. The Morgan fingerprint density at radius 1 is 1.58 bits per heavy atom. The summed E-state index contributed by atoms with van der Waals surface area (Å²) >= 11 is 5.80. The number of hydrogen-bond acceptors (Lipinski definition) is 4. The van der Waals surface area contributed by atoms with Crippen LogP contribution in [0.1, 0.15) is 19.3 Å². The quantitative estimate of drug-likeness (QED) is 0.362. The van der Waals surface area contributed by atoms with E-state index in [1.807, 2.05) is 0 Å². The van der Waals surface area contributed by atoms with Crippen LogP contribution in [0.15, 0.2) is 18.2 Å². The second-order valence-electron chi connectivity index (χ2n) is 4.86. The second kappa shape index (κ2) is 5.05. The molecule has 1 aromatic rings. The topological polar surface area (TPSA) is 102 Å². The average Bonchev–Trinajstić information content (AvgIpc) is 3.05. The molecule has 0 atom stereocenters. The van der Waals surface area contributed by atoms with Gasteiger partial charge in [0.05, 0.1) is 17.4 Å². The van der Waals surface area contributed by atoms with E-state index in [0.717, 1.165) is 12.8 Å². The molecule has 7 heteroatoms. The maximum Gasteiger partial charge on any atom is 0.288 e. The highest BCUT2D eigenvalue weighted by molar-refractivity contribution is 6.32. The van der Waals surface area contributed by atoms with E-state index >= 15 is 0 Å². The van der Waals surface area contributed by atoms with Crippen LogP contribution in [0.3, 0.4) is 0 Å². The molecule has 19 heavy (non-hydrogen) atoms. The fourth-order valence-electron chi connectivity index (χ4n) is 1.91. The molecule has 102 valence electrons. The van der Waals surface area contributed by atoms with Gasteiger partial charge in [0.2, 0.25) is 0 Å². The van der Waals surface area contributed by atoms with Crippen molar-refractivity contribution in [2.75, 3.05) is 6.61 Å². The number of rotatable bonds is 6. The molecule has 1 aromatic carbocycles. The van der Waals surface area contributed by atoms with E-state index in [2.05, 4.69) is 0 Å². The number of ether oxygens (including phenoxy) is 1. The summed E-state index contributed by atoms with van der Waals surface area (Å²) in [6, 6.07) is 4.28. The Labute approximate surface area is 115 Å². The van der Waals surface area contributed by atoms with Crippen molar-refractivity contribution in [1.29, 1.82) is 5.41 Å². The number of nitro groups is 1. The molecule has 0 saturated heterocycles. The Morgan fingerprint density at radius 3 is 2.74 bits per heavy atom. The summed E-state index contributed by atoms with van der Waals surface area (Å²) in [5.41, 5.74) is 5.21. The summed E-state index contributed by atoms with van der Waals surface area (Å²) in [5.74, 6) is 0.647. The van der Waals surface area contributed by atoms with Gasteiger partial charge in [-0.15, -0.1) is 0 Å². The highest BCUT2D eigenvalue weighted by atomic mass is 35.5. The molecule has 0 amide bonds. The molecule has 6 nitrogen and oxygen atoms in total. The first kappa shape index (κ1) is 13.6. The normalized spacial score (nSPS) is 15.8. The summed E-state index contributed by atoms with van der Waals surface area (Å²) in [6.45, 7) is 0.445. The molecule has 0 heterocycles. The van der Waals surface area contributed by atoms with Crippen LogP contribution in [-0.2, 0) is 0 Å². The van der Waals surface area contributed by atoms with Crippen molar-refractivity contribution >= 4 is 23.1 Å². The van der Waals surface area contributed by atoms with Crippen LogP contribution in [0.2, 0.25) is 5.02 Å². The highest BCUT2D eigenvalue weighted by Crippen LogP contribution is 2.49. The van der Waals surface area contributed by atoms with Crippen molar-refractivity contribution in [3.8, 4) is 5.75 Å². The zero-order valence-electron chi connectivity index (χ0n) is 10.2. The fourth-order valence-corrected chi connectivity index (χ4v) is 2.15. The van der Waals surface area contributed by atoms with Crippen molar-refractivity contribution in [2.45, 2.75) is 19.3 Å². The predicted octanol–water partition coefficient (Wildman–Crippen LogP) is 2.73. The molecule has 2 rings (SSSR count). The molecule has 0 radical (unpaired) electrons. The van der Waals surface area contributed by atoms with Crippen molar-refractivity contribution in [3.63, 3.8) is 0 Å². The zero-order valence-corrected chi connectivity index (χ0v) is 10.9. The van der Waals surface area contributed by atoms with Gasteiger partial charge in [-0.2, -0.15) is 0 Å². The van der Waals surface area contributed by atoms with E-state index in [-0.39, 0.29) is 22.0 Å². The minimum absolute atomic E-state index is 0.0416. The summed E-state index contributed by atoms with van der Waals surface area (Å²) in [6.07, 6.45) is 2.48. The lowest BCUT2D eigenvalue weighted by Gasteiger charge is -2.15. The highest BCUT2D eigenvalue weighted by Gasteiger charge is 2.44. The molecular formula is C12H14ClN3O3. The number of hydrogen-bond donors (Lipinski definition) is 2. The third-order valence-electron chi connectivity index (χ3n) is 3.18. The van der Waals surface area contributed by atoms with Gasteiger partial charge in [-0.3, -0.25) is 15.5 Å². The predicted molar refractivity (Wildman–Crippen MR) is 71.8 cm³/mol. The SMILES string of the molecule is N=C(N)CC1(COc2ccc([N+](=O)[O-])c(Cl)c2)CC1. The lowest BCUT2D eigenvalue weighted by molar-refractivity contribution is -0.384. The van der Waals surface area contributed by atoms with Gasteiger partial charge in [0.25, 0.3) is 5.69 Å². The van der Waals surface area contributed by atoms with Crippen molar-refractivity contribution in [1.82, 2.24) is 0 Å². The second-order valence-corrected chi connectivity index (χ2v) is 5.27. The summed E-state index contributed by atoms with van der Waals surface area (Å²) in [5, 5.41) is 18.0. The third kappa shape index (κ3) is 3.35. The average molecular weight is 284 g/mol. The number of amidine groups is 1. The Bertz CT molecular complexity index is 529. The minimum Gasteiger partial charge on any atom is -0.493 e. The van der Waals surface area contributed by atoms with E-state index in [1.165, 1.54) is 18.2 Å². The van der Waals surface area contributed by atoms with E-state index in [0.29, 0.717) is 18.8 Å². The first-order valence-corrected chi connectivity index (χ1v) is 6.19. The first-order valence-electron chi connectivity index (χ1n) is 5.82.